The van der Waals surface area contributed by atoms with Gasteiger partial charge in [0.25, 0.3) is 0 Å². The first-order valence-corrected chi connectivity index (χ1v) is 12.5. The molecule has 33 heavy (non-hydrogen) atoms. The highest BCUT2D eigenvalue weighted by Crippen LogP contribution is 2.56. The topological polar surface area (TPSA) is 53.5 Å². The van der Waals surface area contributed by atoms with Crippen LogP contribution in [0.4, 0.5) is 0 Å². The fraction of sp³-hybridized carbons (Fsp3) is 0.536. The third-order valence-corrected chi connectivity index (χ3v) is 8.21. The van der Waals surface area contributed by atoms with Crippen LogP contribution in [0.25, 0.3) is 11.1 Å². The van der Waals surface area contributed by atoms with E-state index in [1.54, 1.807) is 11.1 Å². The maximum absolute atomic E-state index is 13.7. The Bertz CT molecular complexity index is 1010. The molecule has 3 atom stereocenters. The second-order valence-electron chi connectivity index (χ2n) is 10.6. The average Bonchev–Trinajstić information content (AvgIpc) is 3.58. The number of carbonyl (C=O) groups is 2. The van der Waals surface area contributed by atoms with E-state index in [1.165, 1.54) is 25.7 Å². The molecular formula is C28H35N3O2. The summed E-state index contributed by atoms with van der Waals surface area (Å²) >= 11 is 0. The van der Waals surface area contributed by atoms with E-state index in [4.69, 9.17) is 0 Å². The molecule has 5 nitrogen and oxygen atoms in total. The van der Waals surface area contributed by atoms with Crippen molar-refractivity contribution in [2.24, 2.45) is 23.2 Å². The number of pyridine rings is 1. The van der Waals surface area contributed by atoms with E-state index in [0.29, 0.717) is 30.7 Å². The fourth-order valence-corrected chi connectivity index (χ4v) is 6.60. The lowest BCUT2D eigenvalue weighted by atomic mass is 9.72. The van der Waals surface area contributed by atoms with Gasteiger partial charge in [-0.25, -0.2) is 0 Å². The second-order valence-corrected chi connectivity index (χ2v) is 10.6. The van der Waals surface area contributed by atoms with Crippen molar-refractivity contribution in [2.45, 2.75) is 44.9 Å². The highest BCUT2D eigenvalue weighted by atomic mass is 16.2. The molecule has 2 saturated carbocycles. The van der Waals surface area contributed by atoms with E-state index in [9.17, 15) is 9.59 Å². The van der Waals surface area contributed by atoms with Gasteiger partial charge in [-0.1, -0.05) is 43.2 Å². The zero-order valence-electron chi connectivity index (χ0n) is 19.9. The van der Waals surface area contributed by atoms with Crippen LogP contribution in [0.2, 0.25) is 0 Å². The van der Waals surface area contributed by atoms with Crippen LogP contribution in [0.15, 0.2) is 48.8 Å². The smallest absolute Gasteiger partial charge is 0.230 e. The Balaban J connectivity index is 1.44. The Kier molecular flexibility index (Phi) is 5.98. The number of likely N-dealkylation sites (tertiary alicyclic amines) is 1. The molecule has 1 aromatic carbocycles. The predicted octanol–water partition coefficient (Wildman–Crippen LogP) is 4.42. The molecule has 0 bridgehead atoms. The number of amides is 2. The van der Waals surface area contributed by atoms with Gasteiger partial charge in [-0.2, -0.15) is 0 Å². The molecule has 0 spiro atoms. The standard InChI is InChI=1S/C28H35N3O2/c1-30(2)27(33)28(17-20-9-3-4-11-22(20)21-10-7-15-29-18-21)14-8-16-31(19-28)26(32)25-23-12-5-6-13-24(23)25/h3-4,7,9-11,15,18,23-25H,5-6,8,12-14,16-17,19H2,1-2H3/t23-,24-,28+/m1/s1. The summed E-state index contributed by atoms with van der Waals surface area (Å²) in [5, 5.41) is 0. The average molecular weight is 446 g/mol. The number of fused-ring (bicyclic) bond motifs is 1. The van der Waals surface area contributed by atoms with Gasteiger partial charge < -0.3 is 9.80 Å². The van der Waals surface area contributed by atoms with E-state index in [2.05, 4.69) is 23.2 Å². The molecule has 0 radical (unpaired) electrons. The molecule has 1 saturated heterocycles. The zero-order chi connectivity index (χ0) is 23.0. The SMILES string of the molecule is CN(C)C(=O)[C@]1(Cc2ccccc2-c2cccnc2)CCCN(C(=O)C2[C@@H]3CCCC[C@@H]23)C1. The molecule has 0 N–H and O–H groups in total. The van der Waals surface area contributed by atoms with Crippen molar-refractivity contribution in [2.75, 3.05) is 27.2 Å². The van der Waals surface area contributed by atoms with E-state index in [0.717, 1.165) is 36.1 Å². The van der Waals surface area contributed by atoms with E-state index in [-0.39, 0.29) is 11.8 Å². The summed E-state index contributed by atoms with van der Waals surface area (Å²) in [6.07, 6.45) is 10.9. The first-order valence-electron chi connectivity index (χ1n) is 12.5. The minimum Gasteiger partial charge on any atom is -0.348 e. The predicted molar refractivity (Wildman–Crippen MR) is 129 cm³/mol. The van der Waals surface area contributed by atoms with Crippen LogP contribution in [-0.2, 0) is 16.0 Å². The summed E-state index contributed by atoms with van der Waals surface area (Å²) in [7, 11) is 3.68. The zero-order valence-corrected chi connectivity index (χ0v) is 19.9. The van der Waals surface area contributed by atoms with Gasteiger partial charge in [0.15, 0.2) is 0 Å². The summed E-state index contributed by atoms with van der Waals surface area (Å²) in [5.41, 5.74) is 2.74. The Morgan fingerprint density at radius 2 is 1.82 bits per heavy atom. The highest BCUT2D eigenvalue weighted by Gasteiger charge is 2.57. The molecule has 2 amide bonds. The molecule has 5 rings (SSSR count). The van der Waals surface area contributed by atoms with Gasteiger partial charge >= 0.3 is 0 Å². The third kappa shape index (κ3) is 4.18. The summed E-state index contributed by atoms with van der Waals surface area (Å²) in [6.45, 7) is 1.31. The summed E-state index contributed by atoms with van der Waals surface area (Å²) in [6, 6.07) is 12.3. The van der Waals surface area contributed by atoms with Gasteiger partial charge in [0.1, 0.15) is 0 Å². The molecule has 5 heteroatoms. The van der Waals surface area contributed by atoms with E-state index < -0.39 is 5.41 Å². The van der Waals surface area contributed by atoms with Gasteiger partial charge in [0.05, 0.1) is 5.41 Å². The minimum absolute atomic E-state index is 0.134. The maximum Gasteiger partial charge on any atom is 0.230 e. The molecule has 3 fully saturated rings. The lowest BCUT2D eigenvalue weighted by molar-refractivity contribution is -0.148. The van der Waals surface area contributed by atoms with Crippen molar-refractivity contribution in [3.8, 4) is 11.1 Å². The molecule has 2 aromatic rings. The van der Waals surface area contributed by atoms with Crippen LogP contribution < -0.4 is 0 Å². The lowest BCUT2D eigenvalue weighted by Gasteiger charge is -2.43. The van der Waals surface area contributed by atoms with Crippen molar-refractivity contribution in [1.29, 1.82) is 0 Å². The number of hydrogen-bond acceptors (Lipinski definition) is 3. The van der Waals surface area contributed by atoms with Crippen molar-refractivity contribution in [3.63, 3.8) is 0 Å². The number of rotatable bonds is 5. The number of hydrogen-bond donors (Lipinski definition) is 0. The van der Waals surface area contributed by atoms with Gasteiger partial charge in [-0.15, -0.1) is 0 Å². The molecule has 1 aromatic heterocycles. The first kappa shape index (κ1) is 22.1. The number of aromatic nitrogens is 1. The minimum atomic E-state index is -0.588. The van der Waals surface area contributed by atoms with E-state index >= 15 is 0 Å². The summed E-state index contributed by atoms with van der Waals surface area (Å²) in [5.74, 6) is 1.84. The summed E-state index contributed by atoms with van der Waals surface area (Å²) < 4.78 is 0. The second kappa shape index (κ2) is 8.92. The Labute approximate surface area is 197 Å². The van der Waals surface area contributed by atoms with Crippen molar-refractivity contribution in [3.05, 3.63) is 54.4 Å². The molecule has 174 valence electrons. The van der Waals surface area contributed by atoms with Gasteiger partial charge in [-0.05, 0) is 61.1 Å². The van der Waals surface area contributed by atoms with Crippen LogP contribution in [0.3, 0.4) is 0 Å². The fourth-order valence-electron chi connectivity index (χ4n) is 6.60. The van der Waals surface area contributed by atoms with E-state index in [1.807, 2.05) is 43.4 Å². The third-order valence-electron chi connectivity index (χ3n) is 8.21. The van der Waals surface area contributed by atoms with Crippen molar-refractivity contribution < 1.29 is 9.59 Å². The highest BCUT2D eigenvalue weighted by molar-refractivity contribution is 5.87. The maximum atomic E-state index is 13.7. The molecule has 0 unspecified atom stereocenters. The van der Waals surface area contributed by atoms with Crippen LogP contribution in [-0.4, -0.2) is 53.8 Å². The number of piperidine rings is 1. The number of carbonyl (C=O) groups excluding carboxylic acids is 2. The van der Waals surface area contributed by atoms with Gasteiger partial charge in [-0.3, -0.25) is 14.6 Å². The molecular weight excluding hydrogens is 410 g/mol. The summed E-state index contributed by atoms with van der Waals surface area (Å²) in [4.78, 5) is 35.3. The van der Waals surface area contributed by atoms with Crippen LogP contribution in [0, 0.1) is 23.2 Å². The number of nitrogens with zero attached hydrogens (tertiary/aromatic N) is 3. The number of benzene rings is 1. The van der Waals surface area contributed by atoms with Crippen LogP contribution >= 0.6 is 0 Å². The molecule has 3 aliphatic rings. The Morgan fingerprint density at radius 3 is 2.52 bits per heavy atom. The molecule has 2 aliphatic carbocycles. The Hall–Kier alpha value is -2.69. The van der Waals surface area contributed by atoms with Crippen LogP contribution in [0.1, 0.15) is 44.1 Å². The van der Waals surface area contributed by atoms with Gasteiger partial charge in [0.2, 0.25) is 11.8 Å². The molecule has 1 aliphatic heterocycles. The monoisotopic (exact) mass is 445 g/mol. The molecule has 2 heterocycles. The largest absolute Gasteiger partial charge is 0.348 e. The van der Waals surface area contributed by atoms with Crippen molar-refractivity contribution >= 4 is 11.8 Å². The van der Waals surface area contributed by atoms with Gasteiger partial charge in [0, 0.05) is 51.1 Å². The normalized spacial score (nSPS) is 28.7. The quantitative estimate of drug-likeness (QED) is 0.684. The van der Waals surface area contributed by atoms with Crippen LogP contribution in [0.5, 0.6) is 0 Å². The van der Waals surface area contributed by atoms with Crippen molar-refractivity contribution in [1.82, 2.24) is 14.8 Å². The lowest BCUT2D eigenvalue weighted by Crippen LogP contribution is -2.54. The first-order chi connectivity index (χ1) is 16.0. The Morgan fingerprint density at radius 1 is 1.06 bits per heavy atom.